The van der Waals surface area contributed by atoms with Crippen molar-refractivity contribution in [3.63, 3.8) is 0 Å². The molecular weight excluding hydrogens is 1100 g/mol. The Kier molecular flexibility index (Phi) is 21.2. The van der Waals surface area contributed by atoms with E-state index in [2.05, 4.69) is 40.7 Å². The van der Waals surface area contributed by atoms with Gasteiger partial charge < -0.3 is 34.6 Å². The zero-order valence-electron chi connectivity index (χ0n) is 48.7. The Balaban J connectivity index is 1.09. The summed E-state index contributed by atoms with van der Waals surface area (Å²) in [7, 11) is 7.93. The molecule has 6 aromatic rings. The van der Waals surface area contributed by atoms with Gasteiger partial charge in [0.25, 0.3) is 18.2 Å². The number of carbonyl (C=O) groups excluding carboxylic acids is 4. The summed E-state index contributed by atoms with van der Waals surface area (Å²) in [6.07, 6.45) is 5.03. The van der Waals surface area contributed by atoms with Gasteiger partial charge in [0.1, 0.15) is 34.0 Å². The molecule has 0 saturated heterocycles. The fourth-order valence-corrected chi connectivity index (χ4v) is 11.5. The number of alkyl halides is 2. The number of amides is 2. The number of nitrogens with one attached hydrogen (secondary N) is 2. The summed E-state index contributed by atoms with van der Waals surface area (Å²) < 4.78 is 47.7. The van der Waals surface area contributed by atoms with Gasteiger partial charge in [-0.3, -0.25) is 9.59 Å². The second-order valence-corrected chi connectivity index (χ2v) is 23.5. The molecule has 0 unspecified atom stereocenters. The predicted octanol–water partition coefficient (Wildman–Crippen LogP) is 14.3. The van der Waals surface area contributed by atoms with E-state index < -0.39 is 41.3 Å². The summed E-state index contributed by atoms with van der Waals surface area (Å²) in [6, 6.07) is 28.1. The lowest BCUT2D eigenvalue weighted by Crippen LogP contribution is -2.61. The van der Waals surface area contributed by atoms with Gasteiger partial charge in [0.05, 0.1) is 34.6 Å². The van der Waals surface area contributed by atoms with Gasteiger partial charge in [0.15, 0.2) is 0 Å². The van der Waals surface area contributed by atoms with Gasteiger partial charge in [-0.15, -0.1) is 0 Å². The number of benzene rings is 4. The molecule has 2 heterocycles. The lowest BCUT2D eigenvalue weighted by Gasteiger charge is -2.38. The average molecular weight is 1170 g/mol. The molecule has 2 saturated carbocycles. The molecule has 0 aliphatic heterocycles. The van der Waals surface area contributed by atoms with Crippen LogP contribution in [0.3, 0.4) is 0 Å². The number of pyridine rings is 2. The van der Waals surface area contributed by atoms with Crippen molar-refractivity contribution >= 4 is 47.0 Å². The lowest BCUT2D eigenvalue weighted by molar-refractivity contribution is -0.170. The van der Waals surface area contributed by atoms with Crippen molar-refractivity contribution in [3.05, 3.63) is 141 Å². The van der Waals surface area contributed by atoms with Crippen LogP contribution in [0.4, 0.5) is 8.78 Å². The Hall–Kier alpha value is -6.78. The monoisotopic (exact) mass is 1170 g/mol. The first-order valence-corrected chi connectivity index (χ1v) is 29.6. The van der Waals surface area contributed by atoms with Gasteiger partial charge in [0, 0.05) is 40.9 Å². The Bertz CT molecular complexity index is 3310. The van der Waals surface area contributed by atoms with Crippen LogP contribution in [0.15, 0.2) is 97.1 Å². The molecule has 17 heteroatoms. The SMILES string of the molecule is CCCc1ccc(C)c(-c2ccc(C(=O)NC3(C(=O)OC(=O)C4(NC(=O)c5ccc(-c6ccc(C)cc6C(F)F)c(-c6ccc(Cl)c(OCCCN(C)C)c6)n5)CCCCC4)CCCCC3)nc2-c2ccc(Cl)c(OCCCN(C)C)c2)c1. The van der Waals surface area contributed by atoms with E-state index in [1.165, 1.54) is 12.1 Å². The Morgan fingerprint density at radius 2 is 1.06 bits per heavy atom. The third kappa shape index (κ3) is 15.3. The zero-order valence-corrected chi connectivity index (χ0v) is 50.2. The van der Waals surface area contributed by atoms with Gasteiger partial charge in [-0.05, 0) is 164 Å². The highest BCUT2D eigenvalue weighted by Gasteiger charge is 2.49. The topological polar surface area (TPSA) is 152 Å². The molecule has 440 valence electrons. The Morgan fingerprint density at radius 1 is 0.590 bits per heavy atom. The standard InChI is InChI=1S/C66H76Cl2F2N6O7/c1-8-17-44-20-19-43(3)50(39-44)49-25-29-55(72-59(49)46-22-27-53(68)57(41-46)82-37-16-35-76(6)7)62(78)74-66(32-13-10-14-33-66)64(80)83-63(79)65(30-11-9-12-31-65)73-61(77)54-28-24-48(47-23-18-42(2)38-51(47)60(69)70)58(71-54)45-21-26-52(67)56(40-45)81-36-15-34-75(4)5/h18-29,38-41,60H,8-17,30-37H2,1-7H3,(H,73,77)(H,74,78). The highest BCUT2D eigenvalue weighted by Crippen LogP contribution is 2.42. The minimum Gasteiger partial charge on any atom is -0.492 e. The molecule has 0 spiro atoms. The first-order chi connectivity index (χ1) is 39.8. The second kappa shape index (κ2) is 28.2. The number of aromatic nitrogens is 2. The molecule has 2 amide bonds. The number of aryl methyl sites for hydroxylation is 3. The maximum Gasteiger partial charge on any atom is 0.339 e. The summed E-state index contributed by atoms with van der Waals surface area (Å²) >= 11 is 13.3. The molecule has 13 nitrogen and oxygen atoms in total. The second-order valence-electron chi connectivity index (χ2n) is 22.6. The van der Waals surface area contributed by atoms with Gasteiger partial charge in [-0.2, -0.15) is 0 Å². The molecule has 2 aromatic heterocycles. The number of halogens is 4. The summed E-state index contributed by atoms with van der Waals surface area (Å²) in [5.41, 5.74) is 3.44. The van der Waals surface area contributed by atoms with Crippen LogP contribution in [0.2, 0.25) is 10.0 Å². The smallest absolute Gasteiger partial charge is 0.339 e. The van der Waals surface area contributed by atoms with Crippen LogP contribution in [-0.4, -0.2) is 109 Å². The minimum atomic E-state index is -2.82. The number of esters is 2. The van der Waals surface area contributed by atoms with Crippen LogP contribution in [0, 0.1) is 13.8 Å². The Labute approximate surface area is 496 Å². The molecular formula is C66H76Cl2F2N6O7. The van der Waals surface area contributed by atoms with E-state index >= 15 is 0 Å². The molecule has 0 radical (unpaired) electrons. The molecule has 2 aliphatic rings. The van der Waals surface area contributed by atoms with Crippen molar-refractivity contribution < 1.29 is 42.2 Å². The van der Waals surface area contributed by atoms with Crippen LogP contribution < -0.4 is 20.1 Å². The first kappa shape index (κ1) is 62.3. The number of rotatable bonds is 23. The molecule has 0 bridgehead atoms. The number of ether oxygens (including phenoxy) is 3. The van der Waals surface area contributed by atoms with Crippen molar-refractivity contribution in [1.29, 1.82) is 0 Å². The van der Waals surface area contributed by atoms with Crippen molar-refractivity contribution in [2.75, 3.05) is 54.5 Å². The van der Waals surface area contributed by atoms with E-state index in [4.69, 9.17) is 47.4 Å². The number of hydrogen-bond acceptors (Lipinski definition) is 11. The van der Waals surface area contributed by atoms with Gasteiger partial charge in [-0.1, -0.05) is 123 Å². The van der Waals surface area contributed by atoms with Crippen LogP contribution >= 0.6 is 23.2 Å². The first-order valence-electron chi connectivity index (χ1n) is 28.9. The molecule has 4 aromatic carbocycles. The summed E-state index contributed by atoms with van der Waals surface area (Å²) in [6.45, 7) is 8.30. The third-order valence-electron chi connectivity index (χ3n) is 15.6. The average Bonchev–Trinajstić information content (AvgIpc) is 3.34. The third-order valence-corrected chi connectivity index (χ3v) is 16.3. The number of carbonyl (C=O) groups is 4. The Morgan fingerprint density at radius 3 is 1.52 bits per heavy atom. The molecule has 2 fully saturated rings. The summed E-state index contributed by atoms with van der Waals surface area (Å²) in [4.78, 5) is 73.1. The highest BCUT2D eigenvalue weighted by atomic mass is 35.5. The maximum atomic E-state index is 14.8. The van der Waals surface area contributed by atoms with E-state index in [1.54, 1.807) is 55.5 Å². The number of nitrogens with zero attached hydrogens (tertiary/aromatic N) is 4. The van der Waals surface area contributed by atoms with E-state index in [0.29, 0.717) is 94.8 Å². The van der Waals surface area contributed by atoms with Crippen molar-refractivity contribution in [1.82, 2.24) is 30.4 Å². The van der Waals surface area contributed by atoms with Crippen molar-refractivity contribution in [2.45, 2.75) is 128 Å². The molecule has 8 rings (SSSR count). The minimum absolute atomic E-state index is 0.0441. The van der Waals surface area contributed by atoms with Gasteiger partial charge in [-0.25, -0.2) is 28.3 Å². The van der Waals surface area contributed by atoms with E-state index in [-0.39, 0.29) is 53.9 Å². The molecule has 2 N–H and O–H groups in total. The summed E-state index contributed by atoms with van der Waals surface area (Å²) in [5.74, 6) is -2.41. The van der Waals surface area contributed by atoms with Crippen LogP contribution in [0.25, 0.3) is 44.8 Å². The van der Waals surface area contributed by atoms with Crippen LogP contribution in [0.1, 0.15) is 140 Å². The zero-order chi connectivity index (χ0) is 59.4. The predicted molar refractivity (Wildman–Crippen MR) is 324 cm³/mol. The largest absolute Gasteiger partial charge is 0.492 e. The van der Waals surface area contributed by atoms with Crippen molar-refractivity contribution in [3.8, 4) is 56.3 Å². The van der Waals surface area contributed by atoms with E-state index in [9.17, 15) is 28.0 Å². The van der Waals surface area contributed by atoms with Gasteiger partial charge in [0.2, 0.25) is 0 Å². The molecule has 83 heavy (non-hydrogen) atoms. The van der Waals surface area contributed by atoms with Crippen LogP contribution in [-0.2, 0) is 20.7 Å². The lowest BCUT2D eigenvalue weighted by atomic mass is 9.80. The van der Waals surface area contributed by atoms with E-state index in [0.717, 1.165) is 67.4 Å². The number of hydrogen-bond donors (Lipinski definition) is 2. The van der Waals surface area contributed by atoms with Crippen LogP contribution in [0.5, 0.6) is 11.5 Å². The van der Waals surface area contributed by atoms with Crippen molar-refractivity contribution in [2.24, 2.45) is 0 Å². The summed E-state index contributed by atoms with van der Waals surface area (Å²) in [5, 5.41) is 6.72. The fourth-order valence-electron chi connectivity index (χ4n) is 11.1. The fraction of sp³-hybridized carbons (Fsp3) is 0.424. The quantitative estimate of drug-likeness (QED) is 0.0358. The normalized spacial score (nSPS) is 14.8. The van der Waals surface area contributed by atoms with Gasteiger partial charge >= 0.3 is 11.9 Å². The molecule has 2 aliphatic carbocycles. The van der Waals surface area contributed by atoms with E-state index in [1.807, 2.05) is 58.2 Å². The highest BCUT2D eigenvalue weighted by molar-refractivity contribution is 6.32. The maximum absolute atomic E-state index is 14.8. The molecule has 0 atom stereocenters.